The average molecular weight is 330 g/mol. The number of aromatic nitrogens is 2. The van der Waals surface area contributed by atoms with Crippen LogP contribution in [0.5, 0.6) is 0 Å². The van der Waals surface area contributed by atoms with Gasteiger partial charge in [-0.1, -0.05) is 11.6 Å². The minimum Gasteiger partial charge on any atom is -0.306 e. The summed E-state index contributed by atoms with van der Waals surface area (Å²) in [5, 5.41) is 4.01. The topological polar surface area (TPSA) is 54.9 Å². The lowest BCUT2D eigenvalue weighted by Crippen LogP contribution is -2.12. The Morgan fingerprint density at radius 1 is 1.05 bits per heavy atom. The summed E-state index contributed by atoms with van der Waals surface area (Å²) in [5.74, 6) is 0.239. The van der Waals surface area contributed by atoms with Gasteiger partial charge in [-0.05, 0) is 54.8 Å². The summed E-state index contributed by atoms with van der Waals surface area (Å²) in [6.07, 6.45) is 1.99. The third-order valence-electron chi connectivity index (χ3n) is 3.11. The second-order valence-corrected chi connectivity index (χ2v) is 5.83. The summed E-state index contributed by atoms with van der Waals surface area (Å²) in [6, 6.07) is 14.5. The standard InChI is InChI=1S/C16H12ClN3OS/c1-22-12-6-2-11(3-7-12)16(21)20-14-9-5-10-4-8-13(17)18-15(10)19-14/h2-9H,1H3,(H,18,19,20,21). The molecule has 0 bridgehead atoms. The monoisotopic (exact) mass is 329 g/mol. The molecular weight excluding hydrogens is 318 g/mol. The van der Waals surface area contributed by atoms with Gasteiger partial charge in [-0.15, -0.1) is 11.8 Å². The molecule has 3 aromatic rings. The van der Waals surface area contributed by atoms with E-state index in [9.17, 15) is 4.79 Å². The van der Waals surface area contributed by atoms with Crippen molar-refractivity contribution >= 4 is 46.1 Å². The van der Waals surface area contributed by atoms with E-state index in [1.807, 2.05) is 30.5 Å². The van der Waals surface area contributed by atoms with Crippen LogP contribution in [0.4, 0.5) is 5.82 Å². The molecule has 4 nitrogen and oxygen atoms in total. The van der Waals surface area contributed by atoms with E-state index in [-0.39, 0.29) is 5.91 Å². The normalized spacial score (nSPS) is 10.6. The van der Waals surface area contributed by atoms with Crippen LogP contribution in [-0.4, -0.2) is 22.1 Å². The van der Waals surface area contributed by atoms with Crippen molar-refractivity contribution in [2.24, 2.45) is 0 Å². The van der Waals surface area contributed by atoms with Crippen LogP contribution in [0.15, 0.2) is 53.4 Å². The highest BCUT2D eigenvalue weighted by molar-refractivity contribution is 7.98. The SMILES string of the molecule is CSc1ccc(C(=O)Nc2ccc3ccc(Cl)nc3n2)cc1. The Bertz CT molecular complexity index is 836. The van der Waals surface area contributed by atoms with Gasteiger partial charge in [0.05, 0.1) is 0 Å². The fraction of sp³-hybridized carbons (Fsp3) is 0.0625. The van der Waals surface area contributed by atoms with Crippen molar-refractivity contribution in [3.63, 3.8) is 0 Å². The summed E-state index contributed by atoms with van der Waals surface area (Å²) >= 11 is 7.49. The smallest absolute Gasteiger partial charge is 0.256 e. The van der Waals surface area contributed by atoms with Gasteiger partial charge in [-0.2, -0.15) is 0 Å². The highest BCUT2D eigenvalue weighted by Crippen LogP contribution is 2.18. The lowest BCUT2D eigenvalue weighted by molar-refractivity contribution is 0.102. The van der Waals surface area contributed by atoms with E-state index in [0.717, 1.165) is 10.3 Å². The molecule has 1 amide bonds. The minimum atomic E-state index is -0.207. The molecule has 1 aromatic carbocycles. The molecule has 22 heavy (non-hydrogen) atoms. The second-order valence-electron chi connectivity index (χ2n) is 4.56. The summed E-state index contributed by atoms with van der Waals surface area (Å²) < 4.78 is 0. The van der Waals surface area contributed by atoms with Gasteiger partial charge in [-0.3, -0.25) is 4.79 Å². The van der Waals surface area contributed by atoms with Crippen molar-refractivity contribution < 1.29 is 4.79 Å². The first-order valence-electron chi connectivity index (χ1n) is 6.54. The Labute approximate surface area is 136 Å². The van der Waals surface area contributed by atoms with E-state index in [0.29, 0.717) is 22.2 Å². The van der Waals surface area contributed by atoms with Crippen LogP contribution in [0.2, 0.25) is 5.15 Å². The molecule has 0 aliphatic rings. The molecule has 0 aliphatic heterocycles. The predicted molar refractivity (Wildman–Crippen MR) is 90.7 cm³/mol. The zero-order valence-electron chi connectivity index (χ0n) is 11.7. The van der Waals surface area contributed by atoms with E-state index in [1.165, 1.54) is 0 Å². The number of thioether (sulfide) groups is 1. The molecule has 0 saturated heterocycles. The van der Waals surface area contributed by atoms with E-state index >= 15 is 0 Å². The number of carbonyl (C=O) groups is 1. The van der Waals surface area contributed by atoms with Crippen molar-refractivity contribution in [3.05, 3.63) is 59.2 Å². The molecule has 0 fully saturated rings. The van der Waals surface area contributed by atoms with Gasteiger partial charge in [0.1, 0.15) is 11.0 Å². The molecule has 2 heterocycles. The van der Waals surface area contributed by atoms with Gasteiger partial charge in [0, 0.05) is 15.8 Å². The molecule has 2 aromatic heterocycles. The van der Waals surface area contributed by atoms with E-state index in [4.69, 9.17) is 11.6 Å². The van der Waals surface area contributed by atoms with Crippen LogP contribution in [0.25, 0.3) is 11.0 Å². The Hall–Kier alpha value is -2.11. The number of pyridine rings is 2. The van der Waals surface area contributed by atoms with Crippen LogP contribution in [0.3, 0.4) is 0 Å². The molecule has 0 radical (unpaired) electrons. The molecule has 0 saturated carbocycles. The predicted octanol–water partition coefficient (Wildman–Crippen LogP) is 4.26. The molecule has 0 atom stereocenters. The van der Waals surface area contributed by atoms with Crippen LogP contribution in [0, 0.1) is 0 Å². The minimum absolute atomic E-state index is 0.207. The number of hydrogen-bond acceptors (Lipinski definition) is 4. The van der Waals surface area contributed by atoms with Crippen molar-refractivity contribution in [2.45, 2.75) is 4.90 Å². The van der Waals surface area contributed by atoms with Crippen LogP contribution >= 0.6 is 23.4 Å². The van der Waals surface area contributed by atoms with Gasteiger partial charge in [0.2, 0.25) is 0 Å². The van der Waals surface area contributed by atoms with Crippen LogP contribution in [-0.2, 0) is 0 Å². The second kappa shape index (κ2) is 6.34. The molecular formula is C16H12ClN3OS. The van der Waals surface area contributed by atoms with Crippen molar-refractivity contribution in [1.82, 2.24) is 9.97 Å². The molecule has 0 unspecified atom stereocenters. The third kappa shape index (κ3) is 3.21. The Morgan fingerprint density at radius 2 is 1.77 bits per heavy atom. The summed E-state index contributed by atoms with van der Waals surface area (Å²) in [7, 11) is 0. The van der Waals surface area contributed by atoms with Gasteiger partial charge in [-0.25, -0.2) is 9.97 Å². The van der Waals surface area contributed by atoms with Crippen LogP contribution < -0.4 is 5.32 Å². The number of fused-ring (bicyclic) bond motifs is 1. The maximum absolute atomic E-state index is 12.2. The maximum atomic E-state index is 12.2. The zero-order chi connectivity index (χ0) is 15.5. The molecule has 6 heteroatoms. The van der Waals surface area contributed by atoms with Crippen LogP contribution in [0.1, 0.15) is 10.4 Å². The molecule has 3 rings (SSSR count). The van der Waals surface area contributed by atoms with Gasteiger partial charge in [0.25, 0.3) is 5.91 Å². The number of halogens is 1. The summed E-state index contributed by atoms with van der Waals surface area (Å²) in [5.41, 5.74) is 1.08. The first-order chi connectivity index (χ1) is 10.7. The largest absolute Gasteiger partial charge is 0.306 e. The van der Waals surface area contributed by atoms with Gasteiger partial charge < -0.3 is 5.32 Å². The van der Waals surface area contributed by atoms with Crippen molar-refractivity contribution in [1.29, 1.82) is 0 Å². The van der Waals surface area contributed by atoms with E-state index in [1.54, 1.807) is 36.0 Å². The molecule has 1 N–H and O–H groups in total. The first-order valence-corrected chi connectivity index (χ1v) is 8.15. The molecule has 0 spiro atoms. The number of amides is 1. The summed E-state index contributed by atoms with van der Waals surface area (Å²) in [6.45, 7) is 0. The fourth-order valence-corrected chi connectivity index (χ4v) is 2.53. The number of anilines is 1. The molecule has 0 aliphatic carbocycles. The summed E-state index contributed by atoms with van der Waals surface area (Å²) in [4.78, 5) is 21.8. The number of rotatable bonds is 3. The van der Waals surface area contributed by atoms with Gasteiger partial charge in [0.15, 0.2) is 5.65 Å². The van der Waals surface area contributed by atoms with E-state index < -0.39 is 0 Å². The van der Waals surface area contributed by atoms with Crippen molar-refractivity contribution in [2.75, 3.05) is 11.6 Å². The average Bonchev–Trinajstić information content (AvgIpc) is 2.54. The maximum Gasteiger partial charge on any atom is 0.256 e. The number of hydrogen-bond donors (Lipinski definition) is 1. The first kappa shape index (κ1) is 14.8. The Kier molecular flexibility index (Phi) is 4.27. The van der Waals surface area contributed by atoms with Gasteiger partial charge >= 0.3 is 0 Å². The number of benzene rings is 1. The highest BCUT2D eigenvalue weighted by Gasteiger charge is 2.08. The zero-order valence-corrected chi connectivity index (χ0v) is 13.3. The lowest BCUT2D eigenvalue weighted by atomic mass is 10.2. The molecule has 110 valence electrons. The number of nitrogens with one attached hydrogen (secondary N) is 1. The Balaban J connectivity index is 1.83. The Morgan fingerprint density at radius 3 is 2.50 bits per heavy atom. The number of nitrogens with zero attached hydrogens (tertiary/aromatic N) is 2. The van der Waals surface area contributed by atoms with Crippen molar-refractivity contribution in [3.8, 4) is 0 Å². The third-order valence-corrected chi connectivity index (χ3v) is 4.07. The quantitative estimate of drug-likeness (QED) is 0.576. The lowest BCUT2D eigenvalue weighted by Gasteiger charge is -2.06. The van der Waals surface area contributed by atoms with E-state index in [2.05, 4.69) is 15.3 Å². The number of carbonyl (C=O) groups excluding carboxylic acids is 1. The highest BCUT2D eigenvalue weighted by atomic mass is 35.5. The fourth-order valence-electron chi connectivity index (χ4n) is 1.98.